The molecule has 0 aliphatic rings. The largest absolute Gasteiger partial charge is 0.508 e. The van der Waals surface area contributed by atoms with Crippen molar-refractivity contribution in [2.24, 2.45) is 0 Å². The molecule has 0 amide bonds. The zero-order valence-electron chi connectivity index (χ0n) is 9.42. The summed E-state index contributed by atoms with van der Waals surface area (Å²) in [6, 6.07) is 6.01. The van der Waals surface area contributed by atoms with Crippen molar-refractivity contribution in [1.82, 2.24) is 0 Å². The van der Waals surface area contributed by atoms with Gasteiger partial charge in [-0.25, -0.2) is 9.68 Å². The van der Waals surface area contributed by atoms with Crippen LogP contribution >= 0.6 is 0 Å². The number of aromatic hydroxyl groups is 1. The Hall–Kier alpha value is -1.85. The lowest BCUT2D eigenvalue weighted by Crippen LogP contribution is -2.14. The first-order valence-electron chi connectivity index (χ1n) is 4.96. The van der Waals surface area contributed by atoms with Crippen molar-refractivity contribution in [2.75, 3.05) is 6.61 Å². The maximum absolute atomic E-state index is 11.1. The molecule has 0 spiro atoms. The number of benzene rings is 1. The molecule has 5 nitrogen and oxygen atoms in total. The quantitative estimate of drug-likeness (QED) is 0.355. The summed E-state index contributed by atoms with van der Waals surface area (Å²) in [6.07, 6.45) is -0.793. The molecule has 1 aromatic carbocycles. The lowest BCUT2D eigenvalue weighted by atomic mass is 10.1. The summed E-state index contributed by atoms with van der Waals surface area (Å²) in [6.45, 7) is 4.83. The number of hydrogen-bond donors (Lipinski definition) is 2. The number of carbonyl (C=O) groups is 1. The van der Waals surface area contributed by atoms with Gasteiger partial charge in [0.25, 0.3) is 0 Å². The highest BCUT2D eigenvalue weighted by Crippen LogP contribution is 2.20. The fourth-order valence-corrected chi connectivity index (χ4v) is 1.15. The highest BCUT2D eigenvalue weighted by atomic mass is 17.1. The van der Waals surface area contributed by atoms with Crippen LogP contribution in [0, 0.1) is 0 Å². The van der Waals surface area contributed by atoms with Gasteiger partial charge in [0.15, 0.2) is 6.10 Å². The Bertz CT molecular complexity index is 396. The molecule has 0 saturated carbocycles. The Morgan fingerprint density at radius 2 is 2.00 bits per heavy atom. The van der Waals surface area contributed by atoms with Crippen LogP contribution < -0.4 is 0 Å². The third kappa shape index (κ3) is 3.90. The lowest BCUT2D eigenvalue weighted by molar-refractivity contribution is -0.289. The van der Waals surface area contributed by atoms with E-state index in [-0.39, 0.29) is 17.9 Å². The van der Waals surface area contributed by atoms with Crippen molar-refractivity contribution in [1.29, 1.82) is 0 Å². The van der Waals surface area contributed by atoms with Gasteiger partial charge in [0.1, 0.15) is 12.4 Å². The third-order valence-corrected chi connectivity index (χ3v) is 2.11. The molecule has 0 aromatic heterocycles. The molecule has 0 bridgehead atoms. The van der Waals surface area contributed by atoms with Crippen LogP contribution in [0.15, 0.2) is 36.4 Å². The second kappa shape index (κ2) is 6.03. The molecule has 1 rings (SSSR count). The monoisotopic (exact) mass is 238 g/mol. The van der Waals surface area contributed by atoms with E-state index < -0.39 is 12.1 Å². The molecule has 1 aromatic rings. The Labute approximate surface area is 98.8 Å². The summed E-state index contributed by atoms with van der Waals surface area (Å²) in [7, 11) is 0. The Morgan fingerprint density at radius 3 is 2.47 bits per heavy atom. The molecule has 0 heterocycles. The van der Waals surface area contributed by atoms with E-state index >= 15 is 0 Å². The first-order valence-corrected chi connectivity index (χ1v) is 4.96. The van der Waals surface area contributed by atoms with Gasteiger partial charge in [-0.05, 0) is 24.6 Å². The van der Waals surface area contributed by atoms with Crippen molar-refractivity contribution >= 4 is 5.97 Å². The van der Waals surface area contributed by atoms with Crippen molar-refractivity contribution in [3.8, 4) is 5.75 Å². The average molecular weight is 238 g/mol. The van der Waals surface area contributed by atoms with Crippen LogP contribution in [0.1, 0.15) is 18.6 Å². The molecule has 0 radical (unpaired) electrons. The van der Waals surface area contributed by atoms with Gasteiger partial charge in [-0.15, -0.1) is 0 Å². The van der Waals surface area contributed by atoms with Gasteiger partial charge in [0.2, 0.25) is 0 Å². The molecule has 92 valence electrons. The highest BCUT2D eigenvalue weighted by Gasteiger charge is 2.15. The predicted molar refractivity (Wildman–Crippen MR) is 60.3 cm³/mol. The van der Waals surface area contributed by atoms with Gasteiger partial charge in [0, 0.05) is 5.57 Å². The van der Waals surface area contributed by atoms with Gasteiger partial charge < -0.3 is 9.84 Å². The lowest BCUT2D eigenvalue weighted by Gasteiger charge is -2.14. The van der Waals surface area contributed by atoms with Crippen molar-refractivity contribution in [3.63, 3.8) is 0 Å². The Kier molecular flexibility index (Phi) is 4.68. The van der Waals surface area contributed by atoms with E-state index in [4.69, 9.17) is 15.1 Å². The predicted octanol–water partition coefficient (Wildman–Crippen LogP) is 2.04. The summed E-state index contributed by atoms with van der Waals surface area (Å²) in [5.74, 6) is -0.449. The fraction of sp³-hybridized carbons (Fsp3) is 0.250. The minimum absolute atomic E-state index is 0.101. The van der Waals surface area contributed by atoms with Crippen LogP contribution in [0.4, 0.5) is 0 Å². The zero-order valence-corrected chi connectivity index (χ0v) is 9.42. The number of ether oxygens (including phenoxy) is 1. The smallest absolute Gasteiger partial charge is 0.333 e. The number of phenolic OH excluding ortho intramolecular Hbond substituents is 1. The van der Waals surface area contributed by atoms with E-state index in [9.17, 15) is 4.79 Å². The van der Waals surface area contributed by atoms with Gasteiger partial charge in [0.05, 0.1) is 0 Å². The second-order valence-corrected chi connectivity index (χ2v) is 3.56. The van der Waals surface area contributed by atoms with Crippen LogP contribution in [0.3, 0.4) is 0 Å². The number of rotatable bonds is 5. The number of hydrogen-bond acceptors (Lipinski definition) is 5. The van der Waals surface area contributed by atoms with E-state index in [1.54, 1.807) is 12.1 Å². The van der Waals surface area contributed by atoms with Crippen molar-refractivity contribution in [2.45, 2.75) is 13.0 Å². The zero-order chi connectivity index (χ0) is 12.8. The standard InChI is InChI=1S/C12H14O5/c1-8(2)12(14)16-7-11(17-15)9-3-5-10(13)6-4-9/h3-6,11,13,15H,1,7H2,2H3. The van der Waals surface area contributed by atoms with Crippen LogP contribution in [0.25, 0.3) is 0 Å². The molecular formula is C12H14O5. The van der Waals surface area contributed by atoms with Crippen LogP contribution in [0.2, 0.25) is 0 Å². The minimum atomic E-state index is -0.793. The Morgan fingerprint density at radius 1 is 1.41 bits per heavy atom. The molecule has 0 aliphatic carbocycles. The summed E-state index contributed by atoms with van der Waals surface area (Å²) >= 11 is 0. The molecule has 2 N–H and O–H groups in total. The molecule has 1 unspecified atom stereocenters. The number of esters is 1. The van der Waals surface area contributed by atoms with E-state index in [1.165, 1.54) is 19.1 Å². The summed E-state index contributed by atoms with van der Waals surface area (Å²) < 4.78 is 4.86. The molecule has 5 heteroatoms. The molecule has 0 saturated heterocycles. The normalized spacial score (nSPS) is 11.9. The fourth-order valence-electron chi connectivity index (χ4n) is 1.15. The van der Waals surface area contributed by atoms with Gasteiger partial charge in [-0.1, -0.05) is 18.7 Å². The van der Waals surface area contributed by atoms with Crippen molar-refractivity contribution < 1.29 is 24.8 Å². The molecule has 0 aliphatic heterocycles. The molecule has 0 fully saturated rings. The SMILES string of the molecule is C=C(C)C(=O)OCC(OO)c1ccc(O)cc1. The topological polar surface area (TPSA) is 76.0 Å². The second-order valence-electron chi connectivity index (χ2n) is 3.56. The average Bonchev–Trinajstić information content (AvgIpc) is 2.31. The van der Waals surface area contributed by atoms with E-state index in [1.807, 2.05) is 0 Å². The maximum Gasteiger partial charge on any atom is 0.333 e. The van der Waals surface area contributed by atoms with Gasteiger partial charge in [-0.3, -0.25) is 5.26 Å². The van der Waals surface area contributed by atoms with Crippen molar-refractivity contribution in [3.05, 3.63) is 42.0 Å². The Balaban J connectivity index is 2.63. The number of carbonyl (C=O) groups excluding carboxylic acids is 1. The first-order chi connectivity index (χ1) is 8.04. The maximum atomic E-state index is 11.1. The molecule has 1 atom stereocenters. The minimum Gasteiger partial charge on any atom is -0.508 e. The third-order valence-electron chi connectivity index (χ3n) is 2.11. The summed E-state index contributed by atoms with van der Waals surface area (Å²) in [5.41, 5.74) is 0.854. The van der Waals surface area contributed by atoms with Gasteiger partial charge >= 0.3 is 5.97 Å². The first kappa shape index (κ1) is 13.2. The van der Waals surface area contributed by atoms with Crippen LogP contribution in [-0.4, -0.2) is 22.9 Å². The van der Waals surface area contributed by atoms with E-state index in [2.05, 4.69) is 11.5 Å². The summed E-state index contributed by atoms with van der Waals surface area (Å²) in [5, 5.41) is 17.8. The van der Waals surface area contributed by atoms with Crippen LogP contribution in [0.5, 0.6) is 5.75 Å². The van der Waals surface area contributed by atoms with Gasteiger partial charge in [-0.2, -0.15) is 0 Å². The highest BCUT2D eigenvalue weighted by molar-refractivity contribution is 5.86. The molecule has 17 heavy (non-hydrogen) atoms. The molecular weight excluding hydrogens is 224 g/mol. The van der Waals surface area contributed by atoms with E-state index in [0.717, 1.165) is 0 Å². The summed E-state index contributed by atoms with van der Waals surface area (Å²) in [4.78, 5) is 15.4. The number of phenols is 1. The van der Waals surface area contributed by atoms with E-state index in [0.29, 0.717) is 5.56 Å². The van der Waals surface area contributed by atoms with Crippen LogP contribution in [-0.2, 0) is 14.4 Å².